The third-order valence-electron chi connectivity index (χ3n) is 5.91. The van der Waals surface area contributed by atoms with Gasteiger partial charge in [-0.05, 0) is 52.0 Å². The molecule has 2 saturated carbocycles. The molecular formula is C19H37Cl2N3O2. The van der Waals surface area contributed by atoms with E-state index in [4.69, 9.17) is 4.74 Å². The summed E-state index contributed by atoms with van der Waals surface area (Å²) in [5, 5.41) is 6.52. The first-order chi connectivity index (χ1) is 11.5. The van der Waals surface area contributed by atoms with Gasteiger partial charge in [0.15, 0.2) is 0 Å². The Morgan fingerprint density at radius 2 is 1.85 bits per heavy atom. The highest BCUT2D eigenvalue weighted by molar-refractivity contribution is 5.85. The summed E-state index contributed by atoms with van der Waals surface area (Å²) in [4.78, 5) is 14.8. The van der Waals surface area contributed by atoms with E-state index in [-0.39, 0.29) is 41.9 Å². The highest BCUT2D eigenvalue weighted by atomic mass is 35.5. The number of halogens is 2. The first kappa shape index (κ1) is 24.0. The van der Waals surface area contributed by atoms with Gasteiger partial charge in [-0.3, -0.25) is 9.69 Å². The summed E-state index contributed by atoms with van der Waals surface area (Å²) in [6.07, 6.45) is 8.90. The molecule has 0 aromatic carbocycles. The SMILES string of the molecule is CC1(C)CN(C2(CNC(=O)CNCC3CC3)CCCCC2)CCO1.Cl.Cl. The van der Waals surface area contributed by atoms with Crippen molar-refractivity contribution in [1.82, 2.24) is 15.5 Å². The second kappa shape index (κ2) is 10.5. The molecule has 1 amide bonds. The van der Waals surface area contributed by atoms with E-state index in [9.17, 15) is 4.79 Å². The second-order valence-electron chi connectivity index (χ2n) is 8.67. The number of carbonyl (C=O) groups is 1. The Balaban J connectivity index is 0.00000169. The van der Waals surface area contributed by atoms with Crippen molar-refractivity contribution in [2.75, 3.05) is 39.3 Å². The highest BCUT2D eigenvalue weighted by Gasteiger charge is 2.42. The molecule has 2 aliphatic carbocycles. The summed E-state index contributed by atoms with van der Waals surface area (Å²) in [7, 11) is 0. The molecule has 0 bridgehead atoms. The maximum atomic E-state index is 12.2. The van der Waals surface area contributed by atoms with E-state index in [2.05, 4.69) is 29.4 Å². The Morgan fingerprint density at radius 3 is 2.46 bits per heavy atom. The molecule has 1 heterocycles. The molecule has 0 radical (unpaired) electrons. The third-order valence-corrected chi connectivity index (χ3v) is 5.91. The molecule has 0 atom stereocenters. The van der Waals surface area contributed by atoms with Crippen LogP contribution in [0.4, 0.5) is 0 Å². The first-order valence-electron chi connectivity index (χ1n) is 9.86. The molecule has 7 heteroatoms. The van der Waals surface area contributed by atoms with Gasteiger partial charge in [-0.1, -0.05) is 19.3 Å². The fraction of sp³-hybridized carbons (Fsp3) is 0.947. The summed E-state index contributed by atoms with van der Waals surface area (Å²) in [5.41, 5.74) is 0.0456. The van der Waals surface area contributed by atoms with Crippen LogP contribution in [0.2, 0.25) is 0 Å². The van der Waals surface area contributed by atoms with Crippen LogP contribution < -0.4 is 10.6 Å². The fourth-order valence-corrected chi connectivity index (χ4v) is 4.27. The van der Waals surface area contributed by atoms with E-state index in [1.54, 1.807) is 0 Å². The van der Waals surface area contributed by atoms with Gasteiger partial charge >= 0.3 is 0 Å². The van der Waals surface area contributed by atoms with Crippen molar-refractivity contribution in [3.05, 3.63) is 0 Å². The molecular weight excluding hydrogens is 373 g/mol. The van der Waals surface area contributed by atoms with Crippen LogP contribution in [0.3, 0.4) is 0 Å². The topological polar surface area (TPSA) is 53.6 Å². The Hall–Kier alpha value is -0.0700. The fourth-order valence-electron chi connectivity index (χ4n) is 4.27. The number of rotatable bonds is 7. The van der Waals surface area contributed by atoms with Gasteiger partial charge in [0.1, 0.15) is 0 Å². The van der Waals surface area contributed by atoms with Gasteiger partial charge in [-0.15, -0.1) is 24.8 Å². The van der Waals surface area contributed by atoms with Crippen molar-refractivity contribution in [3.63, 3.8) is 0 Å². The van der Waals surface area contributed by atoms with Gasteiger partial charge in [0, 0.05) is 25.2 Å². The predicted octanol–water partition coefficient (Wildman–Crippen LogP) is 2.76. The summed E-state index contributed by atoms with van der Waals surface area (Å²) < 4.78 is 5.90. The van der Waals surface area contributed by atoms with Crippen LogP contribution >= 0.6 is 24.8 Å². The van der Waals surface area contributed by atoms with Crippen LogP contribution in [0.5, 0.6) is 0 Å². The number of nitrogens with zero attached hydrogens (tertiary/aromatic N) is 1. The lowest BCUT2D eigenvalue weighted by molar-refractivity contribution is -0.128. The van der Waals surface area contributed by atoms with E-state index < -0.39 is 0 Å². The number of nitrogens with one attached hydrogen (secondary N) is 2. The number of hydrogen-bond donors (Lipinski definition) is 2. The van der Waals surface area contributed by atoms with Gasteiger partial charge in [0.2, 0.25) is 5.91 Å². The summed E-state index contributed by atoms with van der Waals surface area (Å²) >= 11 is 0. The Labute approximate surface area is 171 Å². The molecule has 0 spiro atoms. The molecule has 1 saturated heterocycles. The van der Waals surface area contributed by atoms with Gasteiger partial charge in [0.25, 0.3) is 0 Å². The zero-order valence-electron chi connectivity index (χ0n) is 16.3. The normalized spacial score (nSPS) is 24.8. The molecule has 3 aliphatic rings. The molecule has 154 valence electrons. The van der Waals surface area contributed by atoms with Crippen molar-refractivity contribution in [2.24, 2.45) is 5.92 Å². The first-order valence-corrected chi connectivity index (χ1v) is 9.86. The summed E-state index contributed by atoms with van der Waals surface area (Å²) in [5.74, 6) is 0.964. The molecule has 2 N–H and O–H groups in total. The van der Waals surface area contributed by atoms with Gasteiger partial charge in [-0.2, -0.15) is 0 Å². The van der Waals surface area contributed by atoms with Gasteiger partial charge in [0.05, 0.1) is 18.8 Å². The average molecular weight is 410 g/mol. The minimum absolute atomic E-state index is 0. The van der Waals surface area contributed by atoms with Crippen molar-refractivity contribution in [2.45, 2.75) is 69.9 Å². The highest BCUT2D eigenvalue weighted by Crippen LogP contribution is 2.36. The quantitative estimate of drug-likeness (QED) is 0.678. The zero-order valence-corrected chi connectivity index (χ0v) is 18.0. The van der Waals surface area contributed by atoms with E-state index in [0.717, 1.165) is 38.7 Å². The average Bonchev–Trinajstić information content (AvgIpc) is 3.37. The number of morpholine rings is 1. The maximum Gasteiger partial charge on any atom is 0.234 e. The third kappa shape index (κ3) is 6.83. The van der Waals surface area contributed by atoms with Crippen LogP contribution in [0.1, 0.15) is 58.8 Å². The van der Waals surface area contributed by atoms with Crippen molar-refractivity contribution in [3.8, 4) is 0 Å². The van der Waals surface area contributed by atoms with Crippen LogP contribution in [-0.2, 0) is 9.53 Å². The molecule has 0 aromatic heterocycles. The summed E-state index contributed by atoms with van der Waals surface area (Å²) in [6, 6.07) is 0. The largest absolute Gasteiger partial charge is 0.373 e. The lowest BCUT2D eigenvalue weighted by Gasteiger charge is -2.51. The number of amides is 1. The number of hydrogen-bond acceptors (Lipinski definition) is 4. The van der Waals surface area contributed by atoms with Gasteiger partial charge in [-0.25, -0.2) is 0 Å². The van der Waals surface area contributed by atoms with E-state index in [1.807, 2.05) is 0 Å². The second-order valence-corrected chi connectivity index (χ2v) is 8.67. The molecule has 1 aliphatic heterocycles. The van der Waals surface area contributed by atoms with Crippen LogP contribution in [0.15, 0.2) is 0 Å². The van der Waals surface area contributed by atoms with Crippen LogP contribution in [-0.4, -0.2) is 61.3 Å². The lowest BCUT2D eigenvalue weighted by atomic mass is 9.79. The zero-order chi connectivity index (χ0) is 17.0. The molecule has 0 aromatic rings. The van der Waals surface area contributed by atoms with Crippen LogP contribution in [0, 0.1) is 5.92 Å². The lowest BCUT2D eigenvalue weighted by Crippen LogP contribution is -2.63. The Morgan fingerprint density at radius 1 is 1.15 bits per heavy atom. The summed E-state index contributed by atoms with van der Waals surface area (Å²) in [6.45, 7) is 9.34. The number of carbonyl (C=O) groups excluding carboxylic acids is 1. The van der Waals surface area contributed by atoms with Crippen molar-refractivity contribution < 1.29 is 9.53 Å². The number of ether oxygens (including phenoxy) is 1. The predicted molar refractivity (Wildman–Crippen MR) is 111 cm³/mol. The van der Waals surface area contributed by atoms with E-state index in [0.29, 0.717) is 6.54 Å². The Bertz CT molecular complexity index is 439. The maximum absolute atomic E-state index is 12.2. The van der Waals surface area contributed by atoms with E-state index >= 15 is 0 Å². The molecule has 5 nitrogen and oxygen atoms in total. The standard InChI is InChI=1S/C19H35N3O2.2ClH/c1-18(2)15-22(10-11-24-18)19(8-4-3-5-9-19)14-21-17(23)13-20-12-16-6-7-16;;/h16,20H,3-15H2,1-2H3,(H,21,23);2*1H. The minimum Gasteiger partial charge on any atom is -0.373 e. The van der Waals surface area contributed by atoms with Crippen molar-refractivity contribution in [1.29, 1.82) is 0 Å². The smallest absolute Gasteiger partial charge is 0.234 e. The van der Waals surface area contributed by atoms with Crippen LogP contribution in [0.25, 0.3) is 0 Å². The minimum atomic E-state index is -0.0848. The van der Waals surface area contributed by atoms with E-state index in [1.165, 1.54) is 44.9 Å². The van der Waals surface area contributed by atoms with Crippen molar-refractivity contribution >= 4 is 30.7 Å². The molecule has 0 unspecified atom stereocenters. The molecule has 3 fully saturated rings. The van der Waals surface area contributed by atoms with Gasteiger partial charge < -0.3 is 15.4 Å². The Kier molecular flexibility index (Phi) is 9.65. The molecule has 26 heavy (non-hydrogen) atoms. The monoisotopic (exact) mass is 409 g/mol. The molecule has 3 rings (SSSR count).